The van der Waals surface area contributed by atoms with E-state index in [9.17, 15) is 4.79 Å². The Bertz CT molecular complexity index is 203. The number of amides is 1. The quantitative estimate of drug-likeness (QED) is 0.652. The van der Waals surface area contributed by atoms with E-state index >= 15 is 0 Å². The van der Waals surface area contributed by atoms with E-state index in [1.807, 2.05) is 6.08 Å². The van der Waals surface area contributed by atoms with Crippen LogP contribution in [-0.2, 0) is 9.47 Å². The lowest BCUT2D eigenvalue weighted by Gasteiger charge is -2.24. The van der Waals surface area contributed by atoms with Crippen molar-refractivity contribution >= 4 is 6.09 Å². The molecule has 1 heterocycles. The molecule has 13 heavy (non-hydrogen) atoms. The molecule has 0 radical (unpaired) electrons. The lowest BCUT2D eigenvalue weighted by atomic mass is 10.2. The molecule has 0 saturated carbocycles. The van der Waals surface area contributed by atoms with Gasteiger partial charge in [0.1, 0.15) is 0 Å². The molecule has 1 amide bonds. The summed E-state index contributed by atoms with van der Waals surface area (Å²) in [6, 6.07) is 0. The van der Waals surface area contributed by atoms with Crippen LogP contribution in [0.1, 0.15) is 13.3 Å². The summed E-state index contributed by atoms with van der Waals surface area (Å²) in [5, 5.41) is 0. The number of hydrogen-bond acceptors (Lipinski definition) is 3. The van der Waals surface area contributed by atoms with Crippen molar-refractivity contribution in [3.8, 4) is 0 Å². The Morgan fingerprint density at radius 2 is 2.46 bits per heavy atom. The normalized spacial score (nSPS) is 21.7. The van der Waals surface area contributed by atoms with Crippen molar-refractivity contribution in [1.82, 2.24) is 4.90 Å². The molecule has 0 aromatic heterocycles. The average molecular weight is 185 g/mol. The summed E-state index contributed by atoms with van der Waals surface area (Å²) in [6.45, 7) is 2.87. The van der Waals surface area contributed by atoms with Crippen molar-refractivity contribution in [2.75, 3.05) is 20.3 Å². The molecule has 1 aliphatic heterocycles. The van der Waals surface area contributed by atoms with Gasteiger partial charge < -0.3 is 9.47 Å². The lowest BCUT2D eigenvalue weighted by Crippen LogP contribution is -2.33. The van der Waals surface area contributed by atoms with Gasteiger partial charge in [-0.3, -0.25) is 4.90 Å². The number of nitrogens with zero attached hydrogens (tertiary/aromatic N) is 1. The molecule has 1 atom stereocenters. The van der Waals surface area contributed by atoms with Crippen LogP contribution in [0.5, 0.6) is 0 Å². The molecule has 0 N–H and O–H groups in total. The van der Waals surface area contributed by atoms with Crippen molar-refractivity contribution in [3.05, 3.63) is 12.3 Å². The molecule has 1 rings (SSSR count). The smallest absolute Gasteiger partial charge is 0.413 e. The van der Waals surface area contributed by atoms with Gasteiger partial charge in [-0.25, -0.2) is 4.79 Å². The highest BCUT2D eigenvalue weighted by Gasteiger charge is 2.17. The van der Waals surface area contributed by atoms with Gasteiger partial charge in [-0.15, -0.1) is 0 Å². The van der Waals surface area contributed by atoms with Gasteiger partial charge in [0.2, 0.25) is 0 Å². The third-order valence-electron chi connectivity index (χ3n) is 1.94. The first-order chi connectivity index (χ1) is 6.27. The van der Waals surface area contributed by atoms with Crippen LogP contribution in [0.2, 0.25) is 0 Å². The molecule has 0 bridgehead atoms. The minimum absolute atomic E-state index is 0.130. The Hall–Kier alpha value is -1.03. The highest BCUT2D eigenvalue weighted by molar-refractivity contribution is 5.69. The molecule has 74 valence electrons. The zero-order valence-corrected chi connectivity index (χ0v) is 8.03. The molecule has 0 spiro atoms. The van der Waals surface area contributed by atoms with Crippen molar-refractivity contribution in [1.29, 1.82) is 0 Å². The van der Waals surface area contributed by atoms with Crippen molar-refractivity contribution in [2.24, 2.45) is 0 Å². The standard InChI is InChI=1S/C9H15NO3/c1-3-13-9(11)10-6-4-8(12-2)5-7-10/h4,6,8H,3,5,7H2,1-2H3. The van der Waals surface area contributed by atoms with Gasteiger partial charge in [0.05, 0.1) is 12.7 Å². The highest BCUT2D eigenvalue weighted by atomic mass is 16.6. The van der Waals surface area contributed by atoms with Crippen LogP contribution < -0.4 is 0 Å². The lowest BCUT2D eigenvalue weighted by molar-refractivity contribution is 0.0940. The van der Waals surface area contributed by atoms with Crippen LogP contribution in [0.3, 0.4) is 0 Å². The summed E-state index contributed by atoms with van der Waals surface area (Å²) in [4.78, 5) is 12.8. The Labute approximate surface area is 78.1 Å². The predicted octanol–water partition coefficient (Wildman–Crippen LogP) is 1.38. The third kappa shape index (κ3) is 2.73. The fourth-order valence-electron chi connectivity index (χ4n) is 1.19. The maximum absolute atomic E-state index is 11.2. The molecule has 0 aromatic rings. The highest BCUT2D eigenvalue weighted by Crippen LogP contribution is 2.10. The monoisotopic (exact) mass is 185 g/mol. The Balaban J connectivity index is 2.42. The van der Waals surface area contributed by atoms with E-state index in [-0.39, 0.29) is 12.2 Å². The average Bonchev–Trinajstić information content (AvgIpc) is 2.18. The molecular weight excluding hydrogens is 170 g/mol. The molecular formula is C9H15NO3. The Morgan fingerprint density at radius 1 is 1.69 bits per heavy atom. The predicted molar refractivity (Wildman–Crippen MR) is 48.3 cm³/mol. The Kier molecular flexibility index (Phi) is 3.76. The SMILES string of the molecule is CCOC(=O)N1C=CC(OC)CC1. The molecule has 1 unspecified atom stereocenters. The van der Waals surface area contributed by atoms with Crippen LogP contribution in [0.4, 0.5) is 4.79 Å². The Morgan fingerprint density at radius 3 is 2.92 bits per heavy atom. The number of ether oxygens (including phenoxy) is 2. The van der Waals surface area contributed by atoms with Gasteiger partial charge in [0, 0.05) is 19.9 Å². The van der Waals surface area contributed by atoms with E-state index in [0.29, 0.717) is 13.2 Å². The maximum atomic E-state index is 11.2. The summed E-state index contributed by atoms with van der Waals surface area (Å²) >= 11 is 0. The topological polar surface area (TPSA) is 38.8 Å². The zero-order chi connectivity index (χ0) is 9.68. The van der Waals surface area contributed by atoms with Crippen LogP contribution >= 0.6 is 0 Å². The number of hydrogen-bond donors (Lipinski definition) is 0. The number of methoxy groups -OCH3 is 1. The van der Waals surface area contributed by atoms with Gasteiger partial charge in [-0.1, -0.05) is 0 Å². The molecule has 4 heteroatoms. The second kappa shape index (κ2) is 4.87. The second-order valence-corrected chi connectivity index (χ2v) is 2.80. The van der Waals surface area contributed by atoms with Crippen molar-refractivity contribution in [2.45, 2.75) is 19.4 Å². The largest absolute Gasteiger partial charge is 0.449 e. The summed E-state index contributed by atoms with van der Waals surface area (Å²) in [6.07, 6.45) is 4.25. The summed E-state index contributed by atoms with van der Waals surface area (Å²) in [7, 11) is 1.66. The first-order valence-electron chi connectivity index (χ1n) is 4.42. The fraction of sp³-hybridized carbons (Fsp3) is 0.667. The minimum Gasteiger partial charge on any atom is -0.449 e. The van der Waals surface area contributed by atoms with E-state index in [2.05, 4.69) is 0 Å². The van der Waals surface area contributed by atoms with Gasteiger partial charge in [0.15, 0.2) is 0 Å². The molecule has 4 nitrogen and oxygen atoms in total. The summed E-state index contributed by atoms with van der Waals surface area (Å²) in [5.41, 5.74) is 0. The van der Waals surface area contributed by atoms with Crippen molar-refractivity contribution < 1.29 is 14.3 Å². The van der Waals surface area contributed by atoms with E-state index in [1.165, 1.54) is 0 Å². The second-order valence-electron chi connectivity index (χ2n) is 2.80. The van der Waals surface area contributed by atoms with Gasteiger partial charge in [-0.2, -0.15) is 0 Å². The van der Waals surface area contributed by atoms with E-state index in [0.717, 1.165) is 6.42 Å². The maximum Gasteiger partial charge on any atom is 0.413 e. The third-order valence-corrected chi connectivity index (χ3v) is 1.94. The summed E-state index contributed by atoms with van der Waals surface area (Å²) < 4.78 is 9.96. The van der Waals surface area contributed by atoms with Crippen LogP contribution in [0, 0.1) is 0 Å². The van der Waals surface area contributed by atoms with Crippen LogP contribution in [-0.4, -0.2) is 37.4 Å². The molecule has 0 aliphatic carbocycles. The van der Waals surface area contributed by atoms with E-state index in [1.54, 1.807) is 25.1 Å². The zero-order valence-electron chi connectivity index (χ0n) is 8.03. The number of carbonyl (C=O) groups is 1. The van der Waals surface area contributed by atoms with E-state index in [4.69, 9.17) is 9.47 Å². The van der Waals surface area contributed by atoms with Crippen LogP contribution in [0.25, 0.3) is 0 Å². The summed E-state index contributed by atoms with van der Waals surface area (Å²) in [5.74, 6) is 0. The van der Waals surface area contributed by atoms with Crippen molar-refractivity contribution in [3.63, 3.8) is 0 Å². The van der Waals surface area contributed by atoms with Gasteiger partial charge in [0.25, 0.3) is 0 Å². The van der Waals surface area contributed by atoms with Gasteiger partial charge in [-0.05, 0) is 19.4 Å². The first kappa shape index (κ1) is 10.1. The molecule has 0 aromatic carbocycles. The van der Waals surface area contributed by atoms with Gasteiger partial charge >= 0.3 is 6.09 Å². The number of carbonyl (C=O) groups excluding carboxylic acids is 1. The fourth-order valence-corrected chi connectivity index (χ4v) is 1.19. The molecule has 0 saturated heterocycles. The minimum atomic E-state index is -0.284. The molecule has 0 fully saturated rings. The van der Waals surface area contributed by atoms with Crippen LogP contribution in [0.15, 0.2) is 12.3 Å². The molecule has 1 aliphatic rings. The number of rotatable bonds is 2. The van der Waals surface area contributed by atoms with E-state index < -0.39 is 0 Å². The first-order valence-corrected chi connectivity index (χ1v) is 4.42.